The number of anilines is 1. The molecule has 0 atom stereocenters. The minimum absolute atomic E-state index is 0.171. The summed E-state index contributed by atoms with van der Waals surface area (Å²) in [6.07, 6.45) is 0.171. The molecule has 0 saturated carbocycles. The fraction of sp³-hybridized carbons (Fsp3) is 0. The lowest BCUT2D eigenvalue weighted by Crippen LogP contribution is -2.16. The van der Waals surface area contributed by atoms with Gasteiger partial charge in [-0.1, -0.05) is 23.9 Å². The van der Waals surface area contributed by atoms with E-state index in [1.807, 2.05) is 0 Å². The third-order valence-corrected chi connectivity index (χ3v) is 4.77. The van der Waals surface area contributed by atoms with Crippen LogP contribution in [0.15, 0.2) is 43.3 Å². The Morgan fingerprint density at radius 2 is 1.85 bits per heavy atom. The van der Waals surface area contributed by atoms with Crippen LogP contribution < -0.4 is 11.4 Å². The Labute approximate surface area is 152 Å². The Morgan fingerprint density at radius 3 is 2.48 bits per heavy atom. The quantitative estimate of drug-likeness (QED) is 0.205. The van der Waals surface area contributed by atoms with E-state index in [2.05, 4.69) is 4.42 Å². The van der Waals surface area contributed by atoms with Gasteiger partial charge in [0.15, 0.2) is 28.6 Å². The number of nitrogens with two attached hydrogens (primary N) is 1. The van der Waals surface area contributed by atoms with Gasteiger partial charge in [-0.15, -0.1) is 0 Å². The van der Waals surface area contributed by atoms with Crippen molar-refractivity contribution < 1.29 is 27.5 Å². The van der Waals surface area contributed by atoms with E-state index < -0.39 is 56.0 Å². The first kappa shape index (κ1) is 18.5. The Hall–Kier alpha value is -3.27. The molecule has 2 aromatic carbocycles. The number of aromatic hydroxyl groups is 1. The second kappa shape index (κ2) is 6.80. The van der Waals surface area contributed by atoms with E-state index in [0.717, 1.165) is 0 Å². The smallest absolute Gasteiger partial charge is 0.351 e. The molecule has 0 saturated heterocycles. The number of rotatable bonds is 4. The average Bonchev–Trinajstić information content (AvgIpc) is 2.64. The molecule has 138 valence electrons. The van der Waals surface area contributed by atoms with Crippen LogP contribution in [-0.4, -0.2) is 17.1 Å². The number of para-hydroxylation sites is 1. The Balaban J connectivity index is 2.34. The highest BCUT2D eigenvalue weighted by Gasteiger charge is 2.29. The minimum atomic E-state index is -1.72. The van der Waals surface area contributed by atoms with Crippen molar-refractivity contribution in [2.24, 2.45) is 0 Å². The molecule has 0 radical (unpaired) electrons. The van der Waals surface area contributed by atoms with Gasteiger partial charge in [-0.25, -0.2) is 18.0 Å². The zero-order chi connectivity index (χ0) is 19.9. The molecule has 0 aliphatic heterocycles. The number of carbonyl (C=O) groups excluding carboxylic acids is 1. The van der Waals surface area contributed by atoms with Crippen LogP contribution in [0.1, 0.15) is 10.4 Å². The highest BCUT2D eigenvalue weighted by molar-refractivity contribution is 7.99. The zero-order valence-corrected chi connectivity index (χ0v) is 14.0. The SMILES string of the molecule is N=CC(=O)c1c(O)c2c(F)c(F)c(Sc3ccccc3N)c(F)c2oc1=O. The van der Waals surface area contributed by atoms with Gasteiger partial charge in [-0.2, -0.15) is 0 Å². The number of nitrogen functional groups attached to an aromatic ring is 1. The van der Waals surface area contributed by atoms with Crippen LogP contribution in [0, 0.1) is 22.9 Å². The summed E-state index contributed by atoms with van der Waals surface area (Å²) < 4.78 is 48.3. The summed E-state index contributed by atoms with van der Waals surface area (Å²) in [6, 6.07) is 6.05. The van der Waals surface area contributed by atoms with Crippen molar-refractivity contribution in [2.45, 2.75) is 9.79 Å². The molecule has 1 heterocycles. The monoisotopic (exact) mass is 394 g/mol. The van der Waals surface area contributed by atoms with Gasteiger partial charge in [-0.3, -0.25) is 4.79 Å². The maximum Gasteiger partial charge on any atom is 0.351 e. The first-order chi connectivity index (χ1) is 12.8. The van der Waals surface area contributed by atoms with Crippen molar-refractivity contribution in [1.82, 2.24) is 0 Å². The van der Waals surface area contributed by atoms with E-state index in [4.69, 9.17) is 11.1 Å². The highest BCUT2D eigenvalue weighted by Crippen LogP contribution is 2.41. The van der Waals surface area contributed by atoms with Crippen LogP contribution in [-0.2, 0) is 0 Å². The summed E-state index contributed by atoms with van der Waals surface area (Å²) in [4.78, 5) is 22.8. The molecule has 0 amide bonds. The van der Waals surface area contributed by atoms with Crippen LogP contribution in [0.2, 0.25) is 0 Å². The molecule has 27 heavy (non-hydrogen) atoms. The second-order valence-corrected chi connectivity index (χ2v) is 6.29. The third kappa shape index (κ3) is 2.93. The van der Waals surface area contributed by atoms with Gasteiger partial charge in [0.2, 0.25) is 5.78 Å². The number of hydrogen-bond acceptors (Lipinski definition) is 7. The van der Waals surface area contributed by atoms with Crippen molar-refractivity contribution in [2.75, 3.05) is 5.73 Å². The Bertz CT molecular complexity index is 1180. The van der Waals surface area contributed by atoms with Gasteiger partial charge in [0.05, 0.1) is 11.1 Å². The summed E-state index contributed by atoms with van der Waals surface area (Å²) in [5.41, 5.74) is 2.24. The van der Waals surface area contributed by atoms with E-state index in [9.17, 15) is 27.9 Å². The molecule has 3 aromatic rings. The maximum atomic E-state index is 14.8. The highest BCUT2D eigenvalue weighted by atomic mass is 32.2. The normalized spacial score (nSPS) is 10.9. The van der Waals surface area contributed by atoms with Gasteiger partial charge < -0.3 is 20.7 Å². The molecule has 4 N–H and O–H groups in total. The van der Waals surface area contributed by atoms with Crippen LogP contribution in [0.25, 0.3) is 11.0 Å². The predicted octanol–water partition coefficient (Wildman–Crippen LogP) is 3.48. The molecular formula is C17H9F3N2O4S. The van der Waals surface area contributed by atoms with E-state index >= 15 is 0 Å². The number of halogens is 3. The lowest BCUT2D eigenvalue weighted by atomic mass is 10.1. The molecule has 10 heteroatoms. The second-order valence-electron chi connectivity index (χ2n) is 5.24. The summed E-state index contributed by atoms with van der Waals surface area (Å²) in [6.45, 7) is 0. The van der Waals surface area contributed by atoms with Crippen LogP contribution in [0.4, 0.5) is 18.9 Å². The number of nitrogens with one attached hydrogen (secondary N) is 1. The molecule has 1 aromatic heterocycles. The minimum Gasteiger partial charge on any atom is -0.506 e. The van der Waals surface area contributed by atoms with E-state index in [1.54, 1.807) is 12.1 Å². The fourth-order valence-electron chi connectivity index (χ4n) is 2.35. The van der Waals surface area contributed by atoms with Crippen molar-refractivity contribution >= 4 is 40.4 Å². The number of fused-ring (bicyclic) bond motifs is 1. The molecular weight excluding hydrogens is 385 g/mol. The molecule has 0 aliphatic rings. The topological polar surface area (TPSA) is 117 Å². The first-order valence-corrected chi connectivity index (χ1v) is 8.03. The molecule has 3 rings (SSSR count). The van der Waals surface area contributed by atoms with Gasteiger partial charge in [0, 0.05) is 10.6 Å². The molecule has 0 unspecified atom stereocenters. The van der Waals surface area contributed by atoms with Gasteiger partial charge in [0.1, 0.15) is 11.1 Å². The molecule has 6 nitrogen and oxygen atoms in total. The molecule has 0 fully saturated rings. The predicted molar refractivity (Wildman–Crippen MR) is 92.1 cm³/mol. The van der Waals surface area contributed by atoms with Crippen molar-refractivity contribution in [1.29, 1.82) is 5.41 Å². The van der Waals surface area contributed by atoms with Gasteiger partial charge in [-0.05, 0) is 12.1 Å². The molecule has 0 bridgehead atoms. The third-order valence-electron chi connectivity index (χ3n) is 3.62. The Kier molecular flexibility index (Phi) is 4.66. The average molecular weight is 394 g/mol. The molecule has 0 aliphatic carbocycles. The lowest BCUT2D eigenvalue weighted by Gasteiger charge is -2.11. The number of carbonyl (C=O) groups is 1. The molecule has 0 spiro atoms. The van der Waals surface area contributed by atoms with E-state index in [0.29, 0.717) is 11.8 Å². The van der Waals surface area contributed by atoms with Crippen molar-refractivity contribution in [3.05, 3.63) is 57.7 Å². The van der Waals surface area contributed by atoms with Crippen molar-refractivity contribution in [3.63, 3.8) is 0 Å². The number of hydrogen-bond donors (Lipinski definition) is 3. The summed E-state index contributed by atoms with van der Waals surface area (Å²) in [5, 5.41) is 15.7. The van der Waals surface area contributed by atoms with Crippen molar-refractivity contribution in [3.8, 4) is 5.75 Å². The summed E-state index contributed by atoms with van der Waals surface area (Å²) >= 11 is 0.461. The largest absolute Gasteiger partial charge is 0.506 e. The van der Waals surface area contributed by atoms with E-state index in [-0.39, 0.29) is 16.8 Å². The standard InChI is InChI=1S/C17H9F3N2O4S/c18-11-10-14(24)9(7(23)5-21)17(25)26-15(10)13(20)16(12(11)19)27-8-4-2-1-3-6(8)22/h1-5,21,24H,22H2. The number of Topliss-reactive ketones (excluding diaryl/α,β-unsaturated/α-hetero) is 1. The first-order valence-electron chi connectivity index (χ1n) is 7.21. The summed E-state index contributed by atoms with van der Waals surface area (Å²) in [7, 11) is 0. The van der Waals surface area contributed by atoms with E-state index in [1.165, 1.54) is 12.1 Å². The lowest BCUT2D eigenvalue weighted by molar-refractivity contribution is 0.106. The Morgan fingerprint density at radius 1 is 1.19 bits per heavy atom. The zero-order valence-electron chi connectivity index (χ0n) is 13.2. The van der Waals surface area contributed by atoms with Gasteiger partial charge >= 0.3 is 5.63 Å². The maximum absolute atomic E-state index is 14.8. The summed E-state index contributed by atoms with van der Waals surface area (Å²) in [5.74, 6) is -7.44. The van der Waals surface area contributed by atoms with Crippen LogP contribution in [0.5, 0.6) is 5.75 Å². The number of ketones is 1. The van der Waals surface area contributed by atoms with Crippen LogP contribution >= 0.6 is 11.8 Å². The number of benzene rings is 2. The van der Waals surface area contributed by atoms with Gasteiger partial charge in [0.25, 0.3) is 0 Å². The fourth-order valence-corrected chi connectivity index (χ4v) is 3.27. The van der Waals surface area contributed by atoms with Crippen LogP contribution in [0.3, 0.4) is 0 Å².